The van der Waals surface area contributed by atoms with Gasteiger partial charge in [-0.05, 0) is 48.9 Å². The summed E-state index contributed by atoms with van der Waals surface area (Å²) in [6.07, 6.45) is 3.67. The van der Waals surface area contributed by atoms with Crippen LogP contribution in [0.5, 0.6) is 0 Å². The summed E-state index contributed by atoms with van der Waals surface area (Å²) < 4.78 is 0. The number of aryl methyl sites for hydroxylation is 1. The number of nitrogens with zero attached hydrogens (tertiary/aromatic N) is 2. The van der Waals surface area contributed by atoms with Crippen LogP contribution < -0.4 is 16.0 Å². The van der Waals surface area contributed by atoms with E-state index in [0.29, 0.717) is 35.0 Å². The Labute approximate surface area is 163 Å². The van der Waals surface area contributed by atoms with Gasteiger partial charge in [0.25, 0.3) is 5.91 Å². The van der Waals surface area contributed by atoms with Crippen LogP contribution in [0.1, 0.15) is 29.3 Å². The monoisotopic (exact) mass is 375 g/mol. The molecule has 142 valence electrons. The van der Waals surface area contributed by atoms with Gasteiger partial charge >= 0.3 is 0 Å². The lowest BCUT2D eigenvalue weighted by atomic mass is 10.1. The molecular formula is C21H21N5O2. The van der Waals surface area contributed by atoms with Gasteiger partial charge in [0, 0.05) is 41.4 Å². The van der Waals surface area contributed by atoms with Gasteiger partial charge in [0.2, 0.25) is 11.9 Å². The van der Waals surface area contributed by atoms with Crippen molar-refractivity contribution in [3.63, 3.8) is 0 Å². The lowest BCUT2D eigenvalue weighted by molar-refractivity contribution is -0.115. The molecular weight excluding hydrogens is 354 g/mol. The van der Waals surface area contributed by atoms with Crippen LogP contribution in [0.3, 0.4) is 0 Å². The van der Waals surface area contributed by atoms with Crippen LogP contribution in [0, 0.1) is 6.92 Å². The minimum Gasteiger partial charge on any atom is -0.326 e. The second-order valence-corrected chi connectivity index (χ2v) is 6.16. The highest BCUT2D eigenvalue weighted by Crippen LogP contribution is 2.22. The third-order valence-corrected chi connectivity index (χ3v) is 4.04. The molecule has 0 fully saturated rings. The molecule has 0 atom stereocenters. The molecule has 0 aliphatic carbocycles. The predicted molar refractivity (Wildman–Crippen MR) is 110 cm³/mol. The first-order valence-electron chi connectivity index (χ1n) is 8.91. The largest absolute Gasteiger partial charge is 0.326 e. The van der Waals surface area contributed by atoms with Crippen LogP contribution >= 0.6 is 0 Å². The first-order chi connectivity index (χ1) is 13.5. The van der Waals surface area contributed by atoms with Gasteiger partial charge in [-0.25, -0.2) is 9.97 Å². The summed E-state index contributed by atoms with van der Waals surface area (Å²) in [6.45, 7) is 3.68. The molecule has 2 amide bonds. The minimum absolute atomic E-state index is 0.0805. The van der Waals surface area contributed by atoms with Crippen LogP contribution in [-0.2, 0) is 4.79 Å². The van der Waals surface area contributed by atoms with E-state index in [4.69, 9.17) is 0 Å². The molecule has 28 heavy (non-hydrogen) atoms. The molecule has 0 bridgehead atoms. The van der Waals surface area contributed by atoms with E-state index < -0.39 is 0 Å². The SMILES string of the molecule is CCC(=O)Nc1ccc(C)c(NC(=O)c2cccc(Nc3ncccn3)c2)c1. The summed E-state index contributed by atoms with van der Waals surface area (Å²) in [5.41, 5.74) is 3.38. The predicted octanol–water partition coefficient (Wildman–Crippen LogP) is 4.13. The van der Waals surface area contributed by atoms with Crippen molar-refractivity contribution in [2.75, 3.05) is 16.0 Å². The highest BCUT2D eigenvalue weighted by Gasteiger charge is 2.10. The van der Waals surface area contributed by atoms with Gasteiger partial charge in [0.1, 0.15) is 0 Å². The topological polar surface area (TPSA) is 96.0 Å². The van der Waals surface area contributed by atoms with E-state index in [1.54, 1.807) is 49.6 Å². The Hall–Kier alpha value is -3.74. The third-order valence-electron chi connectivity index (χ3n) is 4.04. The Balaban J connectivity index is 1.75. The average molecular weight is 375 g/mol. The third kappa shape index (κ3) is 4.91. The van der Waals surface area contributed by atoms with Gasteiger partial charge in [-0.1, -0.05) is 19.1 Å². The lowest BCUT2D eigenvalue weighted by Crippen LogP contribution is -2.14. The number of benzene rings is 2. The van der Waals surface area contributed by atoms with Gasteiger partial charge < -0.3 is 16.0 Å². The first-order valence-corrected chi connectivity index (χ1v) is 8.91. The molecule has 0 saturated heterocycles. The van der Waals surface area contributed by atoms with Crippen LogP contribution in [0.4, 0.5) is 23.0 Å². The molecule has 0 saturated carbocycles. The first kappa shape index (κ1) is 19.0. The molecule has 1 aromatic heterocycles. The van der Waals surface area contributed by atoms with E-state index in [1.165, 1.54) is 0 Å². The lowest BCUT2D eigenvalue weighted by Gasteiger charge is -2.12. The van der Waals surface area contributed by atoms with Gasteiger partial charge in [0.05, 0.1) is 0 Å². The zero-order valence-corrected chi connectivity index (χ0v) is 15.7. The van der Waals surface area contributed by atoms with Crippen molar-refractivity contribution in [2.24, 2.45) is 0 Å². The second-order valence-electron chi connectivity index (χ2n) is 6.16. The van der Waals surface area contributed by atoms with Crippen molar-refractivity contribution in [3.05, 3.63) is 72.1 Å². The Morgan fingerprint density at radius 1 is 0.929 bits per heavy atom. The number of hydrogen-bond donors (Lipinski definition) is 3. The van der Waals surface area contributed by atoms with E-state index >= 15 is 0 Å². The molecule has 0 spiro atoms. The molecule has 0 aliphatic rings. The van der Waals surface area contributed by atoms with Crippen molar-refractivity contribution in [1.29, 1.82) is 0 Å². The molecule has 0 aliphatic heterocycles. The van der Waals surface area contributed by atoms with Gasteiger partial charge in [0.15, 0.2) is 0 Å². The maximum Gasteiger partial charge on any atom is 0.255 e. The Morgan fingerprint density at radius 3 is 2.46 bits per heavy atom. The van der Waals surface area contributed by atoms with Crippen LogP contribution in [0.25, 0.3) is 0 Å². The fraction of sp³-hybridized carbons (Fsp3) is 0.143. The Morgan fingerprint density at radius 2 is 1.71 bits per heavy atom. The number of aromatic nitrogens is 2. The fourth-order valence-corrected chi connectivity index (χ4v) is 2.51. The normalized spacial score (nSPS) is 10.2. The molecule has 0 unspecified atom stereocenters. The Kier molecular flexibility index (Phi) is 5.96. The summed E-state index contributed by atoms with van der Waals surface area (Å²) in [7, 11) is 0. The molecule has 3 rings (SSSR count). The van der Waals surface area contributed by atoms with Crippen LogP contribution in [0.15, 0.2) is 60.9 Å². The Bertz CT molecular complexity index is 989. The number of anilines is 4. The number of amides is 2. The number of hydrogen-bond acceptors (Lipinski definition) is 5. The molecule has 3 aromatic rings. The molecule has 0 radical (unpaired) electrons. The number of nitrogens with one attached hydrogen (secondary N) is 3. The maximum absolute atomic E-state index is 12.7. The zero-order chi connectivity index (χ0) is 19.9. The average Bonchev–Trinajstić information content (AvgIpc) is 2.71. The standard InChI is InChI=1S/C21H21N5O2/c1-3-19(27)24-17-9-8-14(2)18(13-17)26-20(28)15-6-4-7-16(12-15)25-21-22-10-5-11-23-21/h4-13H,3H2,1-2H3,(H,24,27)(H,26,28)(H,22,23,25). The molecule has 7 heteroatoms. The van der Waals surface area contributed by atoms with Gasteiger partial charge in [-0.15, -0.1) is 0 Å². The summed E-state index contributed by atoms with van der Waals surface area (Å²) in [6, 6.07) is 14.2. The minimum atomic E-state index is -0.250. The quantitative estimate of drug-likeness (QED) is 0.602. The summed E-state index contributed by atoms with van der Waals surface area (Å²) in [4.78, 5) is 32.5. The smallest absolute Gasteiger partial charge is 0.255 e. The molecule has 1 heterocycles. The summed E-state index contributed by atoms with van der Waals surface area (Å²) >= 11 is 0. The number of carbonyl (C=O) groups excluding carboxylic acids is 2. The molecule has 2 aromatic carbocycles. The fourth-order valence-electron chi connectivity index (χ4n) is 2.51. The van der Waals surface area contributed by atoms with Crippen molar-refractivity contribution in [1.82, 2.24) is 9.97 Å². The van der Waals surface area contributed by atoms with Crippen LogP contribution in [-0.4, -0.2) is 21.8 Å². The van der Waals surface area contributed by atoms with E-state index in [2.05, 4.69) is 25.9 Å². The highest BCUT2D eigenvalue weighted by atomic mass is 16.2. The molecule has 7 nitrogen and oxygen atoms in total. The van der Waals surface area contributed by atoms with E-state index in [1.807, 2.05) is 25.1 Å². The highest BCUT2D eigenvalue weighted by molar-refractivity contribution is 6.05. The van der Waals surface area contributed by atoms with Crippen molar-refractivity contribution < 1.29 is 9.59 Å². The van der Waals surface area contributed by atoms with E-state index in [9.17, 15) is 9.59 Å². The number of rotatable bonds is 6. The molecule has 3 N–H and O–H groups in total. The van der Waals surface area contributed by atoms with Gasteiger partial charge in [-0.3, -0.25) is 9.59 Å². The second kappa shape index (κ2) is 8.77. The van der Waals surface area contributed by atoms with Crippen LogP contribution in [0.2, 0.25) is 0 Å². The zero-order valence-electron chi connectivity index (χ0n) is 15.7. The van der Waals surface area contributed by atoms with Crippen molar-refractivity contribution >= 4 is 34.8 Å². The van der Waals surface area contributed by atoms with Crippen molar-refractivity contribution in [3.8, 4) is 0 Å². The number of carbonyl (C=O) groups is 2. The van der Waals surface area contributed by atoms with E-state index in [0.717, 1.165) is 5.56 Å². The van der Waals surface area contributed by atoms with E-state index in [-0.39, 0.29) is 11.8 Å². The maximum atomic E-state index is 12.7. The van der Waals surface area contributed by atoms with Gasteiger partial charge in [-0.2, -0.15) is 0 Å². The summed E-state index contributed by atoms with van der Waals surface area (Å²) in [5, 5.41) is 8.76. The van der Waals surface area contributed by atoms with Crippen molar-refractivity contribution in [2.45, 2.75) is 20.3 Å². The summed E-state index contributed by atoms with van der Waals surface area (Å²) in [5.74, 6) is 0.123.